The number of amides is 2. The number of benzene rings is 2. The monoisotopic (exact) mass is 473 g/mol. The van der Waals surface area contributed by atoms with Crippen molar-refractivity contribution in [3.63, 3.8) is 0 Å². The van der Waals surface area contributed by atoms with E-state index < -0.39 is 11.6 Å². The smallest absolute Gasteiger partial charge is 0.407 e. The van der Waals surface area contributed by atoms with Crippen LogP contribution in [0.3, 0.4) is 0 Å². The number of hydrogen-bond acceptors (Lipinski definition) is 5. The summed E-state index contributed by atoms with van der Waals surface area (Å²) in [7, 11) is 1.64. The molecule has 0 saturated heterocycles. The zero-order valence-electron chi connectivity index (χ0n) is 20.1. The third-order valence-corrected chi connectivity index (χ3v) is 6.98. The van der Waals surface area contributed by atoms with Gasteiger partial charge < -0.3 is 21.1 Å². The van der Waals surface area contributed by atoms with Crippen LogP contribution < -0.4 is 11.1 Å². The highest BCUT2D eigenvalue weighted by atomic mass is 16.4. The van der Waals surface area contributed by atoms with E-state index in [0.29, 0.717) is 12.4 Å². The van der Waals surface area contributed by atoms with Gasteiger partial charge in [-0.2, -0.15) is 0 Å². The van der Waals surface area contributed by atoms with Crippen LogP contribution in [0, 0.1) is 6.92 Å². The number of carbonyl (C=O) groups is 2. The zero-order chi connectivity index (χ0) is 25.0. The quantitative estimate of drug-likeness (QED) is 0.425. The molecule has 2 amide bonds. The molecule has 4 N–H and O–H groups in total. The highest BCUT2D eigenvalue weighted by Crippen LogP contribution is 2.46. The van der Waals surface area contributed by atoms with Gasteiger partial charge >= 0.3 is 6.09 Å². The second-order valence-corrected chi connectivity index (χ2v) is 9.16. The van der Waals surface area contributed by atoms with Crippen LogP contribution in [0.5, 0.6) is 0 Å². The number of anilines is 2. The van der Waals surface area contributed by atoms with E-state index in [1.807, 2.05) is 55.5 Å². The van der Waals surface area contributed by atoms with E-state index in [1.54, 1.807) is 13.2 Å². The predicted octanol–water partition coefficient (Wildman–Crippen LogP) is 4.33. The van der Waals surface area contributed by atoms with E-state index in [-0.39, 0.29) is 12.3 Å². The molecule has 0 unspecified atom stereocenters. The number of aromatic nitrogens is 2. The number of carbonyl (C=O) groups excluding carboxylic acids is 1. The second kappa shape index (κ2) is 10.1. The minimum Gasteiger partial charge on any atom is -0.465 e. The Kier molecular flexibility index (Phi) is 7.00. The molecule has 3 aromatic rings. The van der Waals surface area contributed by atoms with Crippen LogP contribution in [0.15, 0.2) is 54.7 Å². The van der Waals surface area contributed by atoms with Crippen LogP contribution in [-0.2, 0) is 29.6 Å². The molecular formula is C27H31N5O3. The number of nitrogens with one attached hydrogen (secondary N) is 1. The van der Waals surface area contributed by atoms with Gasteiger partial charge in [-0.15, -0.1) is 0 Å². The van der Waals surface area contributed by atoms with Crippen molar-refractivity contribution >= 4 is 23.6 Å². The summed E-state index contributed by atoms with van der Waals surface area (Å²) in [5.74, 6) is 0.163. The average Bonchev–Trinajstić information content (AvgIpc) is 2.80. The summed E-state index contributed by atoms with van der Waals surface area (Å²) < 4.78 is 0. The first-order valence-corrected chi connectivity index (χ1v) is 11.8. The van der Waals surface area contributed by atoms with Crippen molar-refractivity contribution in [1.82, 2.24) is 14.9 Å². The SMILES string of the molecule is Cc1cnc(Nc2ccc(C3(N(C)C(=O)O)CCC3)cc2)nc1CCc1ccccc1CC(N)=O. The fraction of sp³-hybridized carbons (Fsp3) is 0.333. The third kappa shape index (κ3) is 5.26. The Balaban J connectivity index is 1.46. The highest BCUT2D eigenvalue weighted by Gasteiger charge is 2.44. The van der Waals surface area contributed by atoms with Gasteiger partial charge in [-0.1, -0.05) is 36.4 Å². The summed E-state index contributed by atoms with van der Waals surface area (Å²) in [5.41, 5.74) is 10.8. The second-order valence-electron chi connectivity index (χ2n) is 9.16. The van der Waals surface area contributed by atoms with Gasteiger partial charge in [0.05, 0.1) is 12.0 Å². The fourth-order valence-corrected chi connectivity index (χ4v) is 4.71. The van der Waals surface area contributed by atoms with Gasteiger partial charge in [0, 0.05) is 24.6 Å². The van der Waals surface area contributed by atoms with Crippen molar-refractivity contribution in [2.75, 3.05) is 12.4 Å². The van der Waals surface area contributed by atoms with Gasteiger partial charge in [0.15, 0.2) is 0 Å². The maximum Gasteiger partial charge on any atom is 0.407 e. The van der Waals surface area contributed by atoms with E-state index in [0.717, 1.165) is 59.3 Å². The molecule has 8 heteroatoms. The molecule has 1 heterocycles. The summed E-state index contributed by atoms with van der Waals surface area (Å²) in [4.78, 5) is 33.5. The molecular weight excluding hydrogens is 442 g/mol. The van der Waals surface area contributed by atoms with Gasteiger partial charge in [-0.3, -0.25) is 4.79 Å². The Hall–Kier alpha value is -3.94. The Morgan fingerprint density at radius 1 is 1.09 bits per heavy atom. The molecule has 1 fully saturated rings. The maximum atomic E-state index is 11.6. The molecule has 0 bridgehead atoms. The lowest BCUT2D eigenvalue weighted by atomic mass is 9.71. The molecule has 1 aromatic heterocycles. The summed E-state index contributed by atoms with van der Waals surface area (Å²) in [6, 6.07) is 15.7. The maximum absolute atomic E-state index is 11.6. The van der Waals surface area contributed by atoms with Crippen LogP contribution in [0.2, 0.25) is 0 Å². The van der Waals surface area contributed by atoms with Gasteiger partial charge in [-0.25, -0.2) is 14.8 Å². The molecule has 182 valence electrons. The Morgan fingerprint density at radius 2 is 1.77 bits per heavy atom. The van der Waals surface area contributed by atoms with E-state index >= 15 is 0 Å². The Morgan fingerprint density at radius 3 is 2.37 bits per heavy atom. The minimum atomic E-state index is -0.912. The van der Waals surface area contributed by atoms with Gasteiger partial charge in [-0.05, 0) is 73.4 Å². The van der Waals surface area contributed by atoms with E-state index in [1.165, 1.54) is 4.90 Å². The van der Waals surface area contributed by atoms with E-state index in [2.05, 4.69) is 10.3 Å². The third-order valence-electron chi connectivity index (χ3n) is 6.98. The van der Waals surface area contributed by atoms with Crippen LogP contribution >= 0.6 is 0 Å². The number of nitrogens with zero attached hydrogens (tertiary/aromatic N) is 3. The standard InChI is InChI=1S/C27H31N5O3/c1-18-17-29-25(31-23(18)13-8-19-6-3-4-7-20(19)16-24(28)33)30-22-11-9-21(10-12-22)27(14-5-15-27)32(2)26(34)35/h3-4,6-7,9-12,17H,5,8,13-16H2,1-2H3,(H2,28,33)(H,34,35)(H,29,30,31). The van der Waals surface area contributed by atoms with Crippen LogP contribution in [0.25, 0.3) is 0 Å². The lowest BCUT2D eigenvalue weighted by Crippen LogP contribution is -2.51. The first-order valence-electron chi connectivity index (χ1n) is 11.8. The lowest BCUT2D eigenvalue weighted by molar-refractivity contribution is -0.117. The molecule has 0 spiro atoms. The van der Waals surface area contributed by atoms with Crippen molar-refractivity contribution < 1.29 is 14.7 Å². The first-order chi connectivity index (χ1) is 16.8. The summed E-state index contributed by atoms with van der Waals surface area (Å²) in [5, 5.41) is 12.7. The zero-order valence-corrected chi connectivity index (χ0v) is 20.1. The molecule has 1 saturated carbocycles. The predicted molar refractivity (Wildman–Crippen MR) is 135 cm³/mol. The molecule has 1 aliphatic carbocycles. The highest BCUT2D eigenvalue weighted by molar-refractivity contribution is 5.77. The van der Waals surface area contributed by atoms with Crippen LogP contribution in [0.1, 0.15) is 47.2 Å². The van der Waals surface area contributed by atoms with Crippen molar-refractivity contribution in [3.8, 4) is 0 Å². The van der Waals surface area contributed by atoms with E-state index in [9.17, 15) is 14.7 Å². The van der Waals surface area contributed by atoms with Crippen molar-refractivity contribution in [2.45, 2.75) is 51.0 Å². The number of aryl methyl sites for hydroxylation is 3. The Bertz CT molecular complexity index is 1220. The largest absolute Gasteiger partial charge is 0.465 e. The molecule has 0 radical (unpaired) electrons. The van der Waals surface area contributed by atoms with Gasteiger partial charge in [0.1, 0.15) is 0 Å². The number of carboxylic acid groups (broad SMARTS) is 1. The summed E-state index contributed by atoms with van der Waals surface area (Å²) >= 11 is 0. The molecule has 4 rings (SSSR count). The summed E-state index contributed by atoms with van der Waals surface area (Å²) in [6.07, 6.45) is 5.25. The number of hydrogen-bond donors (Lipinski definition) is 3. The van der Waals surface area contributed by atoms with Crippen LogP contribution in [-0.4, -0.2) is 39.0 Å². The molecule has 2 aromatic carbocycles. The molecule has 1 aliphatic rings. The van der Waals surface area contributed by atoms with E-state index in [4.69, 9.17) is 10.7 Å². The van der Waals surface area contributed by atoms with Crippen LogP contribution in [0.4, 0.5) is 16.4 Å². The normalized spacial score (nSPS) is 14.1. The fourth-order valence-electron chi connectivity index (χ4n) is 4.71. The number of nitrogens with two attached hydrogens (primary N) is 1. The molecule has 35 heavy (non-hydrogen) atoms. The lowest BCUT2D eigenvalue weighted by Gasteiger charge is -2.47. The number of rotatable bonds is 9. The Labute approximate surface area is 205 Å². The molecule has 0 atom stereocenters. The van der Waals surface area contributed by atoms with Crippen molar-refractivity contribution in [2.24, 2.45) is 5.73 Å². The summed E-state index contributed by atoms with van der Waals surface area (Å²) in [6.45, 7) is 1.99. The first kappa shape index (κ1) is 24.2. The average molecular weight is 474 g/mol. The topological polar surface area (TPSA) is 121 Å². The van der Waals surface area contributed by atoms with Crippen molar-refractivity contribution in [3.05, 3.63) is 82.7 Å². The van der Waals surface area contributed by atoms with Gasteiger partial charge in [0.25, 0.3) is 0 Å². The number of primary amides is 1. The molecule has 0 aliphatic heterocycles. The minimum absolute atomic E-state index is 0.227. The van der Waals surface area contributed by atoms with Crippen molar-refractivity contribution in [1.29, 1.82) is 0 Å². The van der Waals surface area contributed by atoms with Gasteiger partial charge in [0.2, 0.25) is 11.9 Å². The molecule has 8 nitrogen and oxygen atoms in total.